The van der Waals surface area contributed by atoms with Gasteiger partial charge < -0.3 is 14.4 Å². The highest BCUT2D eigenvalue weighted by molar-refractivity contribution is 6.02. The quantitative estimate of drug-likeness (QED) is 0.531. The van der Waals surface area contributed by atoms with Gasteiger partial charge in [-0.25, -0.2) is 0 Å². The summed E-state index contributed by atoms with van der Waals surface area (Å²) in [6.45, 7) is 3.83. The summed E-state index contributed by atoms with van der Waals surface area (Å²) in [5.74, 6) is -0.869. The van der Waals surface area contributed by atoms with Gasteiger partial charge in [0.05, 0.1) is 13.0 Å². The lowest BCUT2D eigenvalue weighted by molar-refractivity contribution is -0.151. The summed E-state index contributed by atoms with van der Waals surface area (Å²) in [6.07, 6.45) is -0.0500. The third kappa shape index (κ3) is 4.47. The lowest BCUT2D eigenvalue weighted by Crippen LogP contribution is -2.30. The van der Waals surface area contributed by atoms with E-state index in [1.54, 1.807) is 43.2 Å². The number of ether oxygens (including phenoxy) is 2. The topological polar surface area (TPSA) is 72.9 Å². The van der Waals surface area contributed by atoms with Crippen LogP contribution in [0.25, 0.3) is 0 Å². The fourth-order valence-electron chi connectivity index (χ4n) is 3.49. The van der Waals surface area contributed by atoms with Crippen LogP contribution in [0.2, 0.25) is 0 Å². The molecule has 0 aliphatic carbocycles. The molecule has 0 radical (unpaired) electrons. The van der Waals surface area contributed by atoms with Crippen LogP contribution in [0.3, 0.4) is 0 Å². The van der Waals surface area contributed by atoms with Crippen molar-refractivity contribution in [3.8, 4) is 5.75 Å². The minimum Gasteiger partial charge on any atom is -0.497 e. The normalized spacial score (nSPS) is 17.1. The predicted octanol–water partition coefficient (Wildman–Crippen LogP) is 3.43. The van der Waals surface area contributed by atoms with E-state index in [4.69, 9.17) is 9.47 Å². The zero-order valence-electron chi connectivity index (χ0n) is 16.9. The minimum absolute atomic E-state index is 0.0837. The second-order valence-electron chi connectivity index (χ2n) is 7.06. The number of carbonyl (C=O) groups excluding carboxylic acids is 3. The van der Waals surface area contributed by atoms with Gasteiger partial charge in [-0.2, -0.15) is 0 Å². The average molecular weight is 395 g/mol. The van der Waals surface area contributed by atoms with Crippen molar-refractivity contribution in [3.05, 3.63) is 59.7 Å². The number of anilines is 1. The van der Waals surface area contributed by atoms with E-state index < -0.39 is 18.0 Å². The number of methoxy groups -OCH3 is 1. The molecule has 0 spiro atoms. The van der Waals surface area contributed by atoms with Crippen molar-refractivity contribution in [2.24, 2.45) is 5.92 Å². The van der Waals surface area contributed by atoms with Gasteiger partial charge in [0.1, 0.15) is 5.75 Å². The monoisotopic (exact) mass is 395 g/mol. The van der Waals surface area contributed by atoms with Crippen molar-refractivity contribution in [2.45, 2.75) is 32.8 Å². The third-order valence-electron chi connectivity index (χ3n) is 5.16. The molecule has 2 atom stereocenters. The van der Waals surface area contributed by atoms with Crippen molar-refractivity contribution in [1.29, 1.82) is 0 Å². The highest BCUT2D eigenvalue weighted by Crippen LogP contribution is 2.29. The van der Waals surface area contributed by atoms with Gasteiger partial charge in [0.2, 0.25) is 11.7 Å². The van der Waals surface area contributed by atoms with E-state index in [9.17, 15) is 14.4 Å². The molecule has 6 nitrogen and oxygen atoms in total. The van der Waals surface area contributed by atoms with Crippen LogP contribution in [0.5, 0.6) is 5.75 Å². The first kappa shape index (κ1) is 20.6. The summed E-state index contributed by atoms with van der Waals surface area (Å²) >= 11 is 0. The molecule has 1 saturated heterocycles. The van der Waals surface area contributed by atoms with E-state index in [0.717, 1.165) is 17.7 Å². The highest BCUT2D eigenvalue weighted by atomic mass is 16.5. The summed E-state index contributed by atoms with van der Waals surface area (Å²) in [5, 5.41) is 0. The first-order chi connectivity index (χ1) is 13.9. The van der Waals surface area contributed by atoms with Crippen LogP contribution in [0.15, 0.2) is 48.5 Å². The first-order valence-corrected chi connectivity index (χ1v) is 9.71. The Balaban J connectivity index is 1.64. The second kappa shape index (κ2) is 8.90. The van der Waals surface area contributed by atoms with Crippen molar-refractivity contribution >= 4 is 23.3 Å². The predicted molar refractivity (Wildman–Crippen MR) is 109 cm³/mol. The molecule has 1 aliphatic rings. The van der Waals surface area contributed by atoms with Gasteiger partial charge in [-0.1, -0.05) is 25.1 Å². The molecule has 0 aromatic heterocycles. The highest BCUT2D eigenvalue weighted by Gasteiger charge is 2.37. The van der Waals surface area contributed by atoms with Gasteiger partial charge in [0.25, 0.3) is 0 Å². The van der Waals surface area contributed by atoms with Crippen molar-refractivity contribution < 1.29 is 23.9 Å². The summed E-state index contributed by atoms with van der Waals surface area (Å²) in [7, 11) is 1.55. The molecule has 1 fully saturated rings. The molecule has 2 aromatic rings. The number of amides is 1. The van der Waals surface area contributed by atoms with Crippen molar-refractivity contribution in [3.63, 3.8) is 0 Å². The van der Waals surface area contributed by atoms with E-state index in [1.165, 1.54) is 0 Å². The molecular weight excluding hydrogens is 370 g/mol. The lowest BCUT2D eigenvalue weighted by Gasteiger charge is -2.20. The molecule has 29 heavy (non-hydrogen) atoms. The summed E-state index contributed by atoms with van der Waals surface area (Å²) < 4.78 is 10.5. The maximum Gasteiger partial charge on any atom is 0.312 e. The molecule has 1 aliphatic heterocycles. The van der Waals surface area contributed by atoms with Gasteiger partial charge >= 0.3 is 5.97 Å². The zero-order valence-corrected chi connectivity index (χ0v) is 16.9. The maximum atomic E-state index is 12.6. The Morgan fingerprint density at radius 2 is 1.83 bits per heavy atom. The Labute approximate surface area is 170 Å². The SMILES string of the molecule is CCc1ccccc1N1C[C@H](C(=O)O[C@H](C)C(=O)c2ccc(OC)cc2)CC1=O. The van der Waals surface area contributed by atoms with Gasteiger partial charge in [0, 0.05) is 24.2 Å². The van der Waals surface area contributed by atoms with Gasteiger partial charge in [-0.15, -0.1) is 0 Å². The molecule has 1 heterocycles. The fourth-order valence-corrected chi connectivity index (χ4v) is 3.49. The molecule has 152 valence electrons. The number of aryl methyl sites for hydroxylation is 1. The number of benzene rings is 2. The smallest absolute Gasteiger partial charge is 0.312 e. The van der Waals surface area contributed by atoms with Gasteiger partial charge in [-0.3, -0.25) is 14.4 Å². The summed E-state index contributed by atoms with van der Waals surface area (Å²) in [6, 6.07) is 14.3. The molecule has 2 aromatic carbocycles. The number of nitrogens with zero attached hydrogens (tertiary/aromatic N) is 1. The number of ketones is 1. The van der Waals surface area contributed by atoms with Crippen molar-refractivity contribution in [1.82, 2.24) is 0 Å². The fraction of sp³-hybridized carbons (Fsp3) is 0.348. The van der Waals surface area contributed by atoms with Crippen LogP contribution in [0, 0.1) is 5.92 Å². The van der Waals surface area contributed by atoms with E-state index >= 15 is 0 Å². The summed E-state index contributed by atoms with van der Waals surface area (Å²) in [4.78, 5) is 39.3. The molecule has 0 N–H and O–H groups in total. The van der Waals surface area contributed by atoms with E-state index in [2.05, 4.69) is 0 Å². The number of para-hydroxylation sites is 1. The first-order valence-electron chi connectivity index (χ1n) is 9.71. The molecule has 6 heteroatoms. The minimum atomic E-state index is -0.928. The van der Waals surface area contributed by atoms with Gasteiger partial charge in [0.15, 0.2) is 6.10 Å². The maximum absolute atomic E-state index is 12.6. The van der Waals surface area contributed by atoms with E-state index in [-0.39, 0.29) is 24.7 Å². The Morgan fingerprint density at radius 3 is 2.48 bits per heavy atom. The molecule has 0 unspecified atom stereocenters. The largest absolute Gasteiger partial charge is 0.497 e. The van der Waals surface area contributed by atoms with Crippen LogP contribution < -0.4 is 9.64 Å². The molecular formula is C23H25NO5. The number of Topliss-reactive ketones (excluding diaryl/α,β-unsaturated/α-hetero) is 1. The van der Waals surface area contributed by atoms with Crippen LogP contribution >= 0.6 is 0 Å². The van der Waals surface area contributed by atoms with Crippen LogP contribution in [-0.4, -0.2) is 37.4 Å². The van der Waals surface area contributed by atoms with E-state index in [0.29, 0.717) is 11.3 Å². The van der Waals surface area contributed by atoms with Gasteiger partial charge in [-0.05, 0) is 49.2 Å². The Kier molecular flexibility index (Phi) is 6.32. The van der Waals surface area contributed by atoms with Crippen LogP contribution in [-0.2, 0) is 20.7 Å². The lowest BCUT2D eigenvalue weighted by atomic mass is 10.1. The molecule has 0 bridgehead atoms. The standard InChI is InChI=1S/C23H25NO5/c1-4-16-7-5-6-8-20(16)24-14-18(13-21(24)25)23(27)29-15(2)22(26)17-9-11-19(28-3)12-10-17/h5-12,15,18H,4,13-14H2,1-3H3/t15-,18-/m1/s1. The Morgan fingerprint density at radius 1 is 1.14 bits per heavy atom. The Hall–Kier alpha value is -3.15. The number of rotatable bonds is 7. The number of esters is 1. The summed E-state index contributed by atoms with van der Waals surface area (Å²) in [5.41, 5.74) is 2.32. The van der Waals surface area contributed by atoms with Crippen LogP contribution in [0.4, 0.5) is 5.69 Å². The zero-order chi connectivity index (χ0) is 21.0. The molecule has 3 rings (SSSR count). The number of carbonyl (C=O) groups is 3. The average Bonchev–Trinajstić information content (AvgIpc) is 3.14. The molecule has 0 saturated carbocycles. The van der Waals surface area contributed by atoms with Crippen molar-refractivity contribution in [2.75, 3.05) is 18.6 Å². The second-order valence-corrected chi connectivity index (χ2v) is 7.06. The Bertz CT molecular complexity index is 906. The number of hydrogen-bond acceptors (Lipinski definition) is 5. The third-order valence-corrected chi connectivity index (χ3v) is 5.16. The molecule has 1 amide bonds. The number of hydrogen-bond donors (Lipinski definition) is 0. The van der Waals surface area contributed by atoms with Crippen LogP contribution in [0.1, 0.15) is 36.2 Å². The van der Waals surface area contributed by atoms with E-state index in [1.807, 2.05) is 31.2 Å².